The maximum atomic E-state index is 12.7. The number of hydrogen-bond donors (Lipinski definition) is 3. The summed E-state index contributed by atoms with van der Waals surface area (Å²) in [5, 5.41) is 7.00. The number of methoxy groups -OCH3 is 1. The molecule has 8 heteroatoms. The minimum absolute atomic E-state index is 0.398. The lowest BCUT2D eigenvalue weighted by Gasteiger charge is -2.10. The van der Waals surface area contributed by atoms with Gasteiger partial charge in [-0.15, -0.1) is 0 Å². The van der Waals surface area contributed by atoms with Gasteiger partial charge in [-0.2, -0.15) is 0 Å². The molecule has 7 nitrogen and oxygen atoms in total. The van der Waals surface area contributed by atoms with Crippen LogP contribution in [0, 0.1) is 0 Å². The molecule has 2 aromatic carbocycles. The van der Waals surface area contributed by atoms with E-state index in [9.17, 15) is 9.59 Å². The third-order valence-corrected chi connectivity index (χ3v) is 4.87. The van der Waals surface area contributed by atoms with E-state index in [0.29, 0.717) is 22.0 Å². The number of aromatic amines is 1. The van der Waals surface area contributed by atoms with Crippen molar-refractivity contribution in [1.82, 2.24) is 9.97 Å². The number of carbonyl (C=O) groups excluding carboxylic acids is 2. The summed E-state index contributed by atoms with van der Waals surface area (Å²) in [7, 11) is 1.32. The van der Waals surface area contributed by atoms with Gasteiger partial charge in [0.1, 0.15) is 0 Å². The number of benzene rings is 2. The van der Waals surface area contributed by atoms with Crippen LogP contribution in [-0.2, 0) is 4.74 Å². The third kappa shape index (κ3) is 3.83. The molecular formula is C22H17ClN4O3. The molecule has 2 heterocycles. The maximum Gasteiger partial charge on any atom is 0.337 e. The molecule has 2 aromatic heterocycles. The Hall–Kier alpha value is -3.84. The van der Waals surface area contributed by atoms with E-state index < -0.39 is 12.0 Å². The number of aromatic nitrogens is 2. The Morgan fingerprint density at radius 3 is 2.43 bits per heavy atom. The lowest BCUT2D eigenvalue weighted by molar-refractivity contribution is 0.0600. The molecule has 0 radical (unpaired) electrons. The molecule has 0 atom stereocenters. The molecule has 150 valence electrons. The summed E-state index contributed by atoms with van der Waals surface area (Å²) in [6.07, 6.45) is 3.35. The highest BCUT2D eigenvalue weighted by atomic mass is 35.5. The molecule has 2 amide bonds. The molecule has 0 aliphatic rings. The largest absolute Gasteiger partial charge is 0.465 e. The van der Waals surface area contributed by atoms with Crippen LogP contribution in [-0.4, -0.2) is 29.1 Å². The molecule has 0 bridgehead atoms. The first-order valence-electron chi connectivity index (χ1n) is 9.04. The van der Waals surface area contributed by atoms with Crippen LogP contribution in [0.1, 0.15) is 10.4 Å². The van der Waals surface area contributed by atoms with Crippen LogP contribution in [0.5, 0.6) is 0 Å². The second kappa shape index (κ2) is 8.26. The Bertz CT molecular complexity index is 1220. The summed E-state index contributed by atoms with van der Waals surface area (Å²) in [4.78, 5) is 31.6. The van der Waals surface area contributed by atoms with E-state index in [1.807, 2.05) is 24.3 Å². The molecule has 4 aromatic rings. The predicted octanol–water partition coefficient (Wildman–Crippen LogP) is 5.31. The number of anilines is 2. The van der Waals surface area contributed by atoms with E-state index in [-0.39, 0.29) is 0 Å². The standard InChI is InChI=1S/C22H17ClN4O3/c1-30-21(28)14-5-7-15(8-6-14)25-22(29)27-20-16-3-2-4-17(23)19(16)26-18(20)13-9-11-24-12-10-13/h2-12,26H,1H3,(H2,25,27,29). The minimum Gasteiger partial charge on any atom is -0.465 e. The number of para-hydroxylation sites is 1. The predicted molar refractivity (Wildman–Crippen MR) is 117 cm³/mol. The van der Waals surface area contributed by atoms with Gasteiger partial charge in [0.05, 0.1) is 34.6 Å². The maximum absolute atomic E-state index is 12.7. The van der Waals surface area contributed by atoms with Crippen molar-refractivity contribution in [2.45, 2.75) is 0 Å². The van der Waals surface area contributed by atoms with Crippen LogP contribution >= 0.6 is 11.6 Å². The van der Waals surface area contributed by atoms with Crippen LogP contribution in [0.3, 0.4) is 0 Å². The fourth-order valence-corrected chi connectivity index (χ4v) is 3.35. The van der Waals surface area contributed by atoms with Crippen molar-refractivity contribution < 1.29 is 14.3 Å². The molecule has 0 fully saturated rings. The number of rotatable bonds is 4. The normalized spacial score (nSPS) is 10.6. The smallest absolute Gasteiger partial charge is 0.337 e. The lowest BCUT2D eigenvalue weighted by atomic mass is 10.1. The molecule has 0 aliphatic carbocycles. The van der Waals surface area contributed by atoms with Gasteiger partial charge in [-0.05, 0) is 42.5 Å². The Kier molecular flexibility index (Phi) is 5.36. The van der Waals surface area contributed by atoms with Crippen molar-refractivity contribution in [2.24, 2.45) is 0 Å². The van der Waals surface area contributed by atoms with Gasteiger partial charge in [-0.25, -0.2) is 9.59 Å². The first-order valence-corrected chi connectivity index (χ1v) is 9.41. The van der Waals surface area contributed by atoms with Crippen molar-refractivity contribution in [3.63, 3.8) is 0 Å². The summed E-state index contributed by atoms with van der Waals surface area (Å²) in [5.74, 6) is -0.441. The summed E-state index contributed by atoms with van der Waals surface area (Å²) < 4.78 is 4.68. The molecular weight excluding hydrogens is 404 g/mol. The number of amides is 2. The van der Waals surface area contributed by atoms with Crippen molar-refractivity contribution in [1.29, 1.82) is 0 Å². The average molecular weight is 421 g/mol. The van der Waals surface area contributed by atoms with Gasteiger partial charge in [-0.3, -0.25) is 4.98 Å². The van der Waals surface area contributed by atoms with Crippen LogP contribution in [0.2, 0.25) is 5.02 Å². The Morgan fingerprint density at radius 2 is 1.73 bits per heavy atom. The van der Waals surface area contributed by atoms with Crippen molar-refractivity contribution in [3.05, 3.63) is 77.6 Å². The van der Waals surface area contributed by atoms with E-state index in [0.717, 1.165) is 22.2 Å². The fourth-order valence-electron chi connectivity index (χ4n) is 3.13. The molecule has 0 unspecified atom stereocenters. The van der Waals surface area contributed by atoms with Gasteiger partial charge < -0.3 is 20.4 Å². The van der Waals surface area contributed by atoms with E-state index in [2.05, 4.69) is 25.3 Å². The average Bonchev–Trinajstić information content (AvgIpc) is 3.14. The molecule has 0 aliphatic heterocycles. The van der Waals surface area contributed by atoms with E-state index in [4.69, 9.17) is 11.6 Å². The molecule has 0 saturated heterocycles. The number of carbonyl (C=O) groups is 2. The SMILES string of the molecule is COC(=O)c1ccc(NC(=O)Nc2c(-c3ccncc3)[nH]c3c(Cl)cccc23)cc1. The van der Waals surface area contributed by atoms with E-state index in [1.54, 1.807) is 42.7 Å². The zero-order valence-corrected chi connectivity index (χ0v) is 16.7. The monoisotopic (exact) mass is 420 g/mol. The first-order chi connectivity index (χ1) is 14.6. The van der Waals surface area contributed by atoms with Crippen molar-refractivity contribution in [3.8, 4) is 11.3 Å². The Morgan fingerprint density at radius 1 is 1.00 bits per heavy atom. The number of H-pyrrole nitrogens is 1. The number of esters is 1. The molecule has 3 N–H and O–H groups in total. The summed E-state index contributed by atoms with van der Waals surface area (Å²) in [6, 6.07) is 15.1. The minimum atomic E-state index is -0.441. The number of urea groups is 1. The number of nitrogens with one attached hydrogen (secondary N) is 3. The number of hydrogen-bond acceptors (Lipinski definition) is 4. The third-order valence-electron chi connectivity index (χ3n) is 4.55. The van der Waals surface area contributed by atoms with Gasteiger partial charge in [0.15, 0.2) is 0 Å². The van der Waals surface area contributed by atoms with E-state index >= 15 is 0 Å². The molecule has 4 rings (SSSR count). The van der Waals surface area contributed by atoms with Gasteiger partial charge in [0, 0.05) is 29.0 Å². The van der Waals surface area contributed by atoms with Gasteiger partial charge in [-0.1, -0.05) is 23.7 Å². The van der Waals surface area contributed by atoms with Crippen LogP contribution in [0.25, 0.3) is 22.2 Å². The van der Waals surface area contributed by atoms with Crippen molar-refractivity contribution in [2.75, 3.05) is 17.7 Å². The zero-order valence-electron chi connectivity index (χ0n) is 15.9. The second-order valence-corrected chi connectivity index (χ2v) is 6.83. The molecule has 30 heavy (non-hydrogen) atoms. The summed E-state index contributed by atoms with van der Waals surface area (Å²) >= 11 is 6.34. The highest BCUT2D eigenvalue weighted by molar-refractivity contribution is 6.36. The van der Waals surface area contributed by atoms with Crippen LogP contribution < -0.4 is 10.6 Å². The van der Waals surface area contributed by atoms with Crippen LogP contribution in [0.4, 0.5) is 16.2 Å². The summed E-state index contributed by atoms with van der Waals surface area (Å²) in [5.41, 5.74) is 3.83. The Balaban J connectivity index is 1.64. The number of nitrogens with zero attached hydrogens (tertiary/aromatic N) is 1. The summed E-state index contributed by atoms with van der Waals surface area (Å²) in [6.45, 7) is 0. The van der Waals surface area contributed by atoms with Crippen molar-refractivity contribution >= 4 is 45.9 Å². The topological polar surface area (TPSA) is 96.1 Å². The highest BCUT2D eigenvalue weighted by Gasteiger charge is 2.17. The Labute approximate surface area is 177 Å². The number of ether oxygens (including phenoxy) is 1. The quantitative estimate of drug-likeness (QED) is 0.389. The van der Waals surface area contributed by atoms with Gasteiger partial charge in [0.2, 0.25) is 0 Å². The molecule has 0 spiro atoms. The zero-order chi connectivity index (χ0) is 21.1. The van der Waals surface area contributed by atoms with Crippen LogP contribution in [0.15, 0.2) is 67.0 Å². The number of pyridine rings is 1. The van der Waals surface area contributed by atoms with Gasteiger partial charge in [0.25, 0.3) is 0 Å². The molecule has 0 saturated carbocycles. The highest BCUT2D eigenvalue weighted by Crippen LogP contribution is 2.37. The van der Waals surface area contributed by atoms with Gasteiger partial charge >= 0.3 is 12.0 Å². The second-order valence-electron chi connectivity index (χ2n) is 6.42. The number of halogens is 1. The lowest BCUT2D eigenvalue weighted by Crippen LogP contribution is -2.19. The van der Waals surface area contributed by atoms with E-state index in [1.165, 1.54) is 7.11 Å². The number of fused-ring (bicyclic) bond motifs is 1. The first kappa shape index (κ1) is 19.5. The fraction of sp³-hybridized carbons (Fsp3) is 0.0455.